The molecule has 2 amide bonds. The first kappa shape index (κ1) is 19.7. The Hall–Kier alpha value is -4.20. The van der Waals surface area contributed by atoms with E-state index in [2.05, 4.69) is 15.5 Å². The summed E-state index contributed by atoms with van der Waals surface area (Å²) in [6.07, 6.45) is 1.56. The highest BCUT2D eigenvalue weighted by molar-refractivity contribution is 5.86. The van der Waals surface area contributed by atoms with E-state index in [9.17, 15) is 9.18 Å². The zero-order valence-electron chi connectivity index (χ0n) is 17.2. The minimum atomic E-state index is -0.489. The maximum absolute atomic E-state index is 13.7. The lowest BCUT2D eigenvalue weighted by Gasteiger charge is -2.34. The third kappa shape index (κ3) is 3.66. The van der Waals surface area contributed by atoms with E-state index >= 15 is 0 Å². The molecule has 0 bridgehead atoms. The van der Waals surface area contributed by atoms with Crippen LogP contribution in [-0.2, 0) is 6.54 Å². The van der Waals surface area contributed by atoms with Crippen LogP contribution in [0.25, 0.3) is 17.0 Å². The van der Waals surface area contributed by atoms with Gasteiger partial charge in [0.2, 0.25) is 5.82 Å². The fourth-order valence-corrected chi connectivity index (χ4v) is 3.78. The number of nitrogens with zero attached hydrogens (tertiary/aromatic N) is 3. The predicted molar refractivity (Wildman–Crippen MR) is 114 cm³/mol. The first-order valence-electron chi connectivity index (χ1n) is 10.1. The van der Waals surface area contributed by atoms with Gasteiger partial charge in [-0.2, -0.15) is 4.98 Å². The smallest absolute Gasteiger partial charge is 0.322 e. The lowest BCUT2D eigenvalue weighted by atomic mass is 9.94. The largest absolute Gasteiger partial charge is 0.467 e. The summed E-state index contributed by atoms with van der Waals surface area (Å²) in [5.74, 6) is 0.769. The van der Waals surface area contributed by atoms with Gasteiger partial charge in [0.1, 0.15) is 11.6 Å². The molecule has 3 heterocycles. The Morgan fingerprint density at radius 1 is 1.09 bits per heavy atom. The average molecular weight is 430 g/mol. The van der Waals surface area contributed by atoms with E-state index in [1.54, 1.807) is 35.4 Å². The first-order valence-corrected chi connectivity index (χ1v) is 10.1. The number of hydrogen-bond acceptors (Lipinski definition) is 5. The number of furan rings is 1. The zero-order valence-corrected chi connectivity index (χ0v) is 17.2. The summed E-state index contributed by atoms with van der Waals surface area (Å²) in [5, 5.41) is 7.08. The van der Waals surface area contributed by atoms with E-state index in [4.69, 9.17) is 8.94 Å². The molecule has 1 atom stereocenters. The van der Waals surface area contributed by atoms with Crippen molar-refractivity contribution in [2.45, 2.75) is 19.5 Å². The third-order valence-corrected chi connectivity index (χ3v) is 5.36. The van der Waals surface area contributed by atoms with Crippen LogP contribution in [0.3, 0.4) is 0 Å². The highest BCUT2D eigenvalue weighted by atomic mass is 19.1. The molecule has 0 saturated carbocycles. The lowest BCUT2D eigenvalue weighted by molar-refractivity contribution is 0.199. The maximum Gasteiger partial charge on any atom is 0.322 e. The van der Waals surface area contributed by atoms with Gasteiger partial charge in [-0.25, -0.2) is 9.18 Å². The molecular formula is C24H19FN4O3. The number of allylic oxidation sites excluding steroid dienone is 1. The lowest BCUT2D eigenvalue weighted by Crippen LogP contribution is -2.45. The van der Waals surface area contributed by atoms with E-state index in [1.165, 1.54) is 12.1 Å². The predicted octanol–water partition coefficient (Wildman–Crippen LogP) is 5.17. The SMILES string of the molecule is CC1=C(c2nc(-c3cccc(F)c3)no2)C(c2ccccc2)NC(=O)N1Cc1ccco1. The number of carbonyl (C=O) groups is 1. The van der Waals surface area contributed by atoms with Crippen LogP contribution < -0.4 is 5.32 Å². The molecule has 32 heavy (non-hydrogen) atoms. The van der Waals surface area contributed by atoms with Gasteiger partial charge >= 0.3 is 6.03 Å². The van der Waals surface area contributed by atoms with Crippen molar-refractivity contribution in [2.24, 2.45) is 0 Å². The average Bonchev–Trinajstić information content (AvgIpc) is 3.49. The molecule has 0 fully saturated rings. The minimum absolute atomic E-state index is 0.250. The van der Waals surface area contributed by atoms with Crippen LogP contribution in [-0.4, -0.2) is 21.1 Å². The number of rotatable bonds is 5. The van der Waals surface area contributed by atoms with Crippen molar-refractivity contribution in [1.29, 1.82) is 0 Å². The van der Waals surface area contributed by atoms with Gasteiger partial charge in [-0.1, -0.05) is 47.6 Å². The molecule has 160 valence electrons. The van der Waals surface area contributed by atoms with Crippen molar-refractivity contribution >= 4 is 11.6 Å². The Bertz CT molecular complexity index is 1280. The number of aromatic nitrogens is 2. The number of amides is 2. The summed E-state index contributed by atoms with van der Waals surface area (Å²) in [6, 6.07) is 18.4. The summed E-state index contributed by atoms with van der Waals surface area (Å²) in [5.41, 5.74) is 2.70. The van der Waals surface area contributed by atoms with Crippen molar-refractivity contribution in [3.63, 3.8) is 0 Å². The topological polar surface area (TPSA) is 84.4 Å². The second-order valence-electron chi connectivity index (χ2n) is 7.39. The number of benzene rings is 2. The molecule has 1 aliphatic heterocycles. The van der Waals surface area contributed by atoms with Crippen molar-refractivity contribution < 1.29 is 18.1 Å². The second-order valence-corrected chi connectivity index (χ2v) is 7.39. The molecule has 0 radical (unpaired) electrons. The van der Waals surface area contributed by atoms with Crippen LogP contribution in [0, 0.1) is 5.82 Å². The summed E-state index contributed by atoms with van der Waals surface area (Å²) in [7, 11) is 0. The molecule has 5 rings (SSSR count). The molecule has 1 aliphatic rings. The zero-order chi connectivity index (χ0) is 22.1. The van der Waals surface area contributed by atoms with Crippen molar-refractivity contribution in [3.05, 3.63) is 102 Å². The van der Waals surface area contributed by atoms with Gasteiger partial charge in [-0.05, 0) is 36.8 Å². The summed E-state index contributed by atoms with van der Waals surface area (Å²) in [4.78, 5) is 19.1. The Kier molecular flexibility index (Phi) is 5.03. The van der Waals surface area contributed by atoms with E-state index < -0.39 is 6.04 Å². The monoisotopic (exact) mass is 430 g/mol. The molecular weight excluding hydrogens is 411 g/mol. The van der Waals surface area contributed by atoms with Crippen LogP contribution in [0.15, 0.2) is 87.6 Å². The van der Waals surface area contributed by atoms with Gasteiger partial charge in [0, 0.05) is 11.3 Å². The molecule has 2 aromatic carbocycles. The summed E-state index contributed by atoms with van der Waals surface area (Å²) >= 11 is 0. The van der Waals surface area contributed by atoms with Gasteiger partial charge in [0.15, 0.2) is 0 Å². The molecule has 0 spiro atoms. The van der Waals surface area contributed by atoms with Crippen molar-refractivity contribution in [2.75, 3.05) is 0 Å². The Balaban J connectivity index is 1.60. The van der Waals surface area contributed by atoms with Crippen LogP contribution in [0.1, 0.15) is 30.2 Å². The van der Waals surface area contributed by atoms with Gasteiger partial charge in [-0.3, -0.25) is 4.90 Å². The number of carbonyl (C=O) groups excluding carboxylic acids is 1. The number of nitrogens with one attached hydrogen (secondary N) is 1. The maximum atomic E-state index is 13.7. The van der Waals surface area contributed by atoms with Crippen molar-refractivity contribution in [3.8, 4) is 11.4 Å². The van der Waals surface area contributed by atoms with E-state index in [0.29, 0.717) is 22.6 Å². The van der Waals surface area contributed by atoms with Crippen LogP contribution in [0.4, 0.5) is 9.18 Å². The van der Waals surface area contributed by atoms with Gasteiger partial charge in [0.25, 0.3) is 5.89 Å². The molecule has 8 heteroatoms. The number of hydrogen-bond donors (Lipinski definition) is 1. The third-order valence-electron chi connectivity index (χ3n) is 5.36. The first-order chi connectivity index (χ1) is 15.6. The highest BCUT2D eigenvalue weighted by Crippen LogP contribution is 2.37. The standard InChI is InChI=1S/C24H19FN4O3/c1-15-20(23-27-22(28-32-23)17-9-5-10-18(25)13-17)21(16-7-3-2-4-8-16)26-24(30)29(15)14-19-11-6-12-31-19/h2-13,21H,14H2,1H3,(H,26,30). The van der Waals surface area contributed by atoms with Crippen LogP contribution in [0.5, 0.6) is 0 Å². The number of urea groups is 1. The second kappa shape index (κ2) is 8.14. The Morgan fingerprint density at radius 2 is 1.94 bits per heavy atom. The molecule has 1 N–H and O–H groups in total. The summed E-state index contributed by atoms with van der Waals surface area (Å²) in [6.45, 7) is 2.08. The number of halogens is 1. The molecule has 1 unspecified atom stereocenters. The summed E-state index contributed by atoms with van der Waals surface area (Å²) < 4.78 is 24.7. The molecule has 0 aliphatic carbocycles. The van der Waals surface area contributed by atoms with Crippen LogP contribution >= 0.6 is 0 Å². The van der Waals surface area contributed by atoms with Crippen molar-refractivity contribution in [1.82, 2.24) is 20.4 Å². The molecule has 4 aromatic rings. The highest BCUT2D eigenvalue weighted by Gasteiger charge is 2.36. The van der Waals surface area contributed by atoms with E-state index in [-0.39, 0.29) is 30.1 Å². The van der Waals surface area contributed by atoms with E-state index in [1.807, 2.05) is 37.3 Å². The minimum Gasteiger partial charge on any atom is -0.467 e. The quantitative estimate of drug-likeness (QED) is 0.472. The fraction of sp³-hybridized carbons (Fsp3) is 0.125. The van der Waals surface area contributed by atoms with Gasteiger partial charge in [0.05, 0.1) is 24.4 Å². The molecule has 2 aromatic heterocycles. The fourth-order valence-electron chi connectivity index (χ4n) is 3.78. The Labute approximate surface area is 183 Å². The molecule has 0 saturated heterocycles. The van der Waals surface area contributed by atoms with E-state index in [0.717, 1.165) is 5.56 Å². The van der Waals surface area contributed by atoms with Gasteiger partial charge in [-0.15, -0.1) is 0 Å². The van der Waals surface area contributed by atoms with Gasteiger partial charge < -0.3 is 14.3 Å². The van der Waals surface area contributed by atoms with Crippen LogP contribution in [0.2, 0.25) is 0 Å². The molecule has 7 nitrogen and oxygen atoms in total. The Morgan fingerprint density at radius 3 is 2.69 bits per heavy atom. The normalized spacial score (nSPS) is 16.4.